The van der Waals surface area contributed by atoms with Crippen LogP contribution in [0.5, 0.6) is 0 Å². The van der Waals surface area contributed by atoms with Gasteiger partial charge in [0, 0.05) is 18.3 Å². The highest BCUT2D eigenvalue weighted by Crippen LogP contribution is 2.19. The van der Waals surface area contributed by atoms with Crippen molar-refractivity contribution in [1.29, 1.82) is 0 Å². The number of nitrogens with two attached hydrogens (primary N) is 1. The minimum Gasteiger partial charge on any atom is -0.350 e. The second kappa shape index (κ2) is 4.77. The largest absolute Gasteiger partial charge is 0.350 e. The number of nitrogens with one attached hydrogen (secondary N) is 1. The van der Waals surface area contributed by atoms with Gasteiger partial charge in [0.05, 0.1) is 0 Å². The Morgan fingerprint density at radius 2 is 2.20 bits per heavy atom. The molecule has 1 aliphatic carbocycles. The Bertz CT molecular complexity index is 331. The minimum atomic E-state index is 0.196. The van der Waals surface area contributed by atoms with Crippen LogP contribution < -0.4 is 11.1 Å². The van der Waals surface area contributed by atoms with Crippen molar-refractivity contribution in [2.45, 2.75) is 37.8 Å². The molecular weight excluding hydrogens is 212 g/mol. The molecule has 0 amide bonds. The Hall–Kier alpha value is -0.870. The fourth-order valence-electron chi connectivity index (χ4n) is 1.91. The Kier molecular flexibility index (Phi) is 3.38. The summed E-state index contributed by atoms with van der Waals surface area (Å²) in [6, 6.07) is 2.13. The molecule has 1 aromatic rings. The molecule has 1 fully saturated rings. The van der Waals surface area contributed by atoms with E-state index in [2.05, 4.69) is 15.3 Å². The minimum absolute atomic E-state index is 0.196. The number of anilines is 1. The molecule has 2 atom stereocenters. The van der Waals surface area contributed by atoms with Crippen molar-refractivity contribution in [2.75, 3.05) is 5.32 Å². The molecule has 1 saturated carbocycles. The first-order valence-electron chi connectivity index (χ1n) is 5.26. The van der Waals surface area contributed by atoms with Crippen molar-refractivity contribution in [3.05, 3.63) is 17.4 Å². The maximum atomic E-state index is 6.01. The van der Waals surface area contributed by atoms with E-state index < -0.39 is 0 Å². The maximum Gasteiger partial charge on any atom is 0.224 e. The van der Waals surface area contributed by atoms with E-state index in [1.54, 1.807) is 12.3 Å². The normalized spacial score (nSPS) is 26.3. The molecule has 1 aromatic heterocycles. The van der Waals surface area contributed by atoms with Crippen molar-refractivity contribution in [3.63, 3.8) is 0 Å². The lowest BCUT2D eigenvalue weighted by Crippen LogP contribution is -2.42. The molecule has 15 heavy (non-hydrogen) atoms. The van der Waals surface area contributed by atoms with E-state index in [4.69, 9.17) is 17.3 Å². The zero-order chi connectivity index (χ0) is 10.7. The number of hydrogen-bond donors (Lipinski definition) is 2. The van der Waals surface area contributed by atoms with Crippen LogP contribution in [-0.4, -0.2) is 22.1 Å². The summed E-state index contributed by atoms with van der Waals surface area (Å²) >= 11 is 5.78. The lowest BCUT2D eigenvalue weighted by atomic mass is 9.91. The van der Waals surface area contributed by atoms with Crippen molar-refractivity contribution < 1.29 is 0 Å². The van der Waals surface area contributed by atoms with Crippen LogP contribution in [0.3, 0.4) is 0 Å². The maximum absolute atomic E-state index is 6.01. The first-order chi connectivity index (χ1) is 7.25. The third kappa shape index (κ3) is 2.79. The predicted molar refractivity (Wildman–Crippen MR) is 60.9 cm³/mol. The molecule has 1 aliphatic rings. The third-order valence-electron chi connectivity index (χ3n) is 2.76. The lowest BCUT2D eigenvalue weighted by Gasteiger charge is -2.29. The molecule has 0 unspecified atom stereocenters. The first-order valence-corrected chi connectivity index (χ1v) is 5.64. The molecule has 82 valence electrons. The van der Waals surface area contributed by atoms with E-state index >= 15 is 0 Å². The van der Waals surface area contributed by atoms with Crippen molar-refractivity contribution in [2.24, 2.45) is 5.73 Å². The number of aromatic nitrogens is 2. The number of halogens is 1. The molecule has 5 heteroatoms. The first kappa shape index (κ1) is 10.6. The number of nitrogens with zero attached hydrogens (tertiary/aromatic N) is 2. The molecule has 3 N–H and O–H groups in total. The van der Waals surface area contributed by atoms with E-state index in [0.717, 1.165) is 12.8 Å². The van der Waals surface area contributed by atoms with Crippen LogP contribution >= 0.6 is 11.6 Å². The number of rotatable bonds is 2. The number of hydrogen-bond acceptors (Lipinski definition) is 4. The quantitative estimate of drug-likeness (QED) is 0.755. The van der Waals surface area contributed by atoms with Gasteiger partial charge < -0.3 is 11.1 Å². The summed E-state index contributed by atoms with van der Waals surface area (Å²) in [5.41, 5.74) is 6.01. The fraction of sp³-hybridized carbons (Fsp3) is 0.600. The summed E-state index contributed by atoms with van der Waals surface area (Å²) in [6.07, 6.45) is 6.23. The standard InChI is InChI=1S/C10H15ClN4/c11-9-5-6-13-10(15-9)14-8-4-2-1-3-7(8)12/h5-8H,1-4,12H2,(H,13,14,15)/t7-,8-/m1/s1. The van der Waals surface area contributed by atoms with Crippen LogP contribution in [-0.2, 0) is 0 Å². The predicted octanol–water partition coefficient (Wildman–Crippen LogP) is 1.81. The van der Waals surface area contributed by atoms with Gasteiger partial charge in [-0.1, -0.05) is 24.4 Å². The Morgan fingerprint density at radius 3 is 2.93 bits per heavy atom. The molecule has 0 aromatic carbocycles. The Labute approximate surface area is 94.2 Å². The van der Waals surface area contributed by atoms with Crippen LogP contribution in [0.2, 0.25) is 5.15 Å². The van der Waals surface area contributed by atoms with E-state index in [-0.39, 0.29) is 12.1 Å². The molecule has 2 rings (SSSR count). The summed E-state index contributed by atoms with van der Waals surface area (Å²) < 4.78 is 0. The van der Waals surface area contributed by atoms with Crippen LogP contribution in [0.25, 0.3) is 0 Å². The van der Waals surface area contributed by atoms with Crippen LogP contribution in [0, 0.1) is 0 Å². The van der Waals surface area contributed by atoms with Crippen molar-refractivity contribution in [1.82, 2.24) is 9.97 Å². The monoisotopic (exact) mass is 226 g/mol. The Balaban J connectivity index is 2.01. The van der Waals surface area contributed by atoms with Crippen LogP contribution in [0.15, 0.2) is 12.3 Å². The van der Waals surface area contributed by atoms with Gasteiger partial charge in [-0.05, 0) is 18.9 Å². The zero-order valence-corrected chi connectivity index (χ0v) is 9.24. The summed E-state index contributed by atoms with van der Waals surface area (Å²) in [7, 11) is 0. The summed E-state index contributed by atoms with van der Waals surface area (Å²) in [5, 5.41) is 3.70. The third-order valence-corrected chi connectivity index (χ3v) is 2.97. The van der Waals surface area contributed by atoms with Crippen molar-refractivity contribution in [3.8, 4) is 0 Å². The highest BCUT2D eigenvalue weighted by atomic mass is 35.5. The summed E-state index contributed by atoms with van der Waals surface area (Å²) in [6.45, 7) is 0. The van der Waals surface area contributed by atoms with Crippen LogP contribution in [0.1, 0.15) is 25.7 Å². The van der Waals surface area contributed by atoms with Crippen molar-refractivity contribution >= 4 is 17.5 Å². The van der Waals surface area contributed by atoms with E-state index in [1.165, 1.54) is 12.8 Å². The van der Waals surface area contributed by atoms with Gasteiger partial charge in [-0.25, -0.2) is 9.97 Å². The molecule has 0 bridgehead atoms. The van der Waals surface area contributed by atoms with Gasteiger partial charge in [0.1, 0.15) is 5.15 Å². The lowest BCUT2D eigenvalue weighted by molar-refractivity contribution is 0.402. The summed E-state index contributed by atoms with van der Waals surface area (Å²) in [5.74, 6) is 0.574. The SMILES string of the molecule is N[C@@H]1CCCC[C@H]1Nc1nccc(Cl)n1. The van der Waals surface area contributed by atoms with Gasteiger partial charge in [0.2, 0.25) is 5.95 Å². The smallest absolute Gasteiger partial charge is 0.224 e. The zero-order valence-electron chi connectivity index (χ0n) is 8.49. The van der Waals surface area contributed by atoms with E-state index in [1.807, 2.05) is 0 Å². The van der Waals surface area contributed by atoms with Crippen LogP contribution in [0.4, 0.5) is 5.95 Å². The van der Waals surface area contributed by atoms with E-state index in [0.29, 0.717) is 11.1 Å². The van der Waals surface area contributed by atoms with E-state index in [9.17, 15) is 0 Å². The topological polar surface area (TPSA) is 63.8 Å². The van der Waals surface area contributed by atoms with Gasteiger partial charge in [0.25, 0.3) is 0 Å². The fourth-order valence-corrected chi connectivity index (χ4v) is 2.05. The van der Waals surface area contributed by atoms with Gasteiger partial charge in [0.15, 0.2) is 0 Å². The van der Waals surface area contributed by atoms with Gasteiger partial charge in [-0.3, -0.25) is 0 Å². The molecule has 4 nitrogen and oxygen atoms in total. The van der Waals surface area contributed by atoms with Gasteiger partial charge in [-0.2, -0.15) is 0 Å². The van der Waals surface area contributed by atoms with Gasteiger partial charge >= 0.3 is 0 Å². The highest BCUT2D eigenvalue weighted by Gasteiger charge is 2.22. The molecule has 0 radical (unpaired) electrons. The molecule has 0 spiro atoms. The average Bonchev–Trinajstić information content (AvgIpc) is 2.22. The van der Waals surface area contributed by atoms with Gasteiger partial charge in [-0.15, -0.1) is 0 Å². The summed E-state index contributed by atoms with van der Waals surface area (Å²) in [4.78, 5) is 8.20. The molecule has 1 heterocycles. The highest BCUT2D eigenvalue weighted by molar-refractivity contribution is 6.29. The molecular formula is C10H15ClN4. The molecule has 0 saturated heterocycles. The second-order valence-corrected chi connectivity index (χ2v) is 4.29. The second-order valence-electron chi connectivity index (χ2n) is 3.90. The Morgan fingerprint density at radius 1 is 1.40 bits per heavy atom. The average molecular weight is 227 g/mol. The molecule has 0 aliphatic heterocycles.